The molecule has 2 saturated carbocycles. The van der Waals surface area contributed by atoms with E-state index >= 15 is 0 Å². The molecule has 1 aliphatic heterocycles. The van der Waals surface area contributed by atoms with E-state index in [0.29, 0.717) is 0 Å². The molecule has 2 spiro atoms. The molecule has 0 amide bonds. The number of hydrogen-bond acceptors (Lipinski definition) is 1. The molecular weight excluding hydrogens is 158 g/mol. The zero-order chi connectivity index (χ0) is 8.78. The van der Waals surface area contributed by atoms with Crippen LogP contribution >= 0.6 is 0 Å². The van der Waals surface area contributed by atoms with Gasteiger partial charge in [-0.25, -0.2) is 0 Å². The summed E-state index contributed by atoms with van der Waals surface area (Å²) in [6, 6.07) is 0. The number of fused-ring (bicyclic) bond motifs is 1. The highest BCUT2D eigenvalue weighted by molar-refractivity contribution is 5.07. The third-order valence-electron chi connectivity index (χ3n) is 5.24. The van der Waals surface area contributed by atoms with Gasteiger partial charge in [0.25, 0.3) is 0 Å². The molecule has 0 aromatic carbocycles. The van der Waals surface area contributed by atoms with Crippen molar-refractivity contribution in [2.75, 3.05) is 13.1 Å². The zero-order valence-corrected chi connectivity index (χ0v) is 8.57. The lowest BCUT2D eigenvalue weighted by molar-refractivity contribution is -0.0659. The quantitative estimate of drug-likeness (QED) is 0.603. The Balaban J connectivity index is 1.89. The smallest absolute Gasteiger partial charge is 0.00136 e. The Labute approximate surface area is 81.3 Å². The van der Waals surface area contributed by atoms with E-state index in [0.717, 1.165) is 10.8 Å². The minimum Gasteiger partial charge on any atom is -0.316 e. The molecule has 0 bridgehead atoms. The molecule has 13 heavy (non-hydrogen) atoms. The summed E-state index contributed by atoms with van der Waals surface area (Å²) in [6.07, 6.45) is 12.2. The minimum absolute atomic E-state index is 0.753. The van der Waals surface area contributed by atoms with Crippen molar-refractivity contribution < 1.29 is 0 Å². The second kappa shape index (κ2) is 2.73. The Morgan fingerprint density at radius 2 is 1.38 bits per heavy atom. The van der Waals surface area contributed by atoms with Crippen LogP contribution in [0.5, 0.6) is 0 Å². The summed E-state index contributed by atoms with van der Waals surface area (Å²) < 4.78 is 0. The third kappa shape index (κ3) is 0.971. The molecular formula is C12H21N. The maximum Gasteiger partial charge on any atom is 0.00136 e. The van der Waals surface area contributed by atoms with E-state index < -0.39 is 0 Å². The van der Waals surface area contributed by atoms with Crippen molar-refractivity contribution in [2.24, 2.45) is 10.8 Å². The average molecular weight is 179 g/mol. The van der Waals surface area contributed by atoms with Gasteiger partial charge in [-0.05, 0) is 49.5 Å². The maximum absolute atomic E-state index is 3.61. The Bertz CT molecular complexity index is 199. The molecule has 1 atom stereocenters. The van der Waals surface area contributed by atoms with Crippen LogP contribution in [0.3, 0.4) is 0 Å². The topological polar surface area (TPSA) is 12.0 Å². The fraction of sp³-hybridized carbons (Fsp3) is 1.00. The van der Waals surface area contributed by atoms with Gasteiger partial charge in [0.1, 0.15) is 0 Å². The predicted molar refractivity (Wildman–Crippen MR) is 54.7 cm³/mol. The average Bonchev–Trinajstić information content (AvgIpc) is 2.52. The van der Waals surface area contributed by atoms with Crippen LogP contribution in [0.15, 0.2) is 0 Å². The predicted octanol–water partition coefficient (Wildman–Crippen LogP) is 2.71. The van der Waals surface area contributed by atoms with Crippen LogP contribution in [-0.4, -0.2) is 13.1 Å². The molecule has 1 N–H and O–H groups in total. The third-order valence-corrected chi connectivity index (χ3v) is 5.24. The standard InChI is InChI=1S/C12H21N/c1-2-5-12(8-9-13-10-12)11(4-1)6-3-7-11/h13H,1-10H2. The van der Waals surface area contributed by atoms with Gasteiger partial charge in [0.2, 0.25) is 0 Å². The van der Waals surface area contributed by atoms with E-state index in [1.165, 1.54) is 45.2 Å². The molecule has 2 aliphatic carbocycles. The normalized spacial score (nSPS) is 42.5. The van der Waals surface area contributed by atoms with Crippen LogP contribution in [0.25, 0.3) is 0 Å². The van der Waals surface area contributed by atoms with Crippen molar-refractivity contribution >= 4 is 0 Å². The van der Waals surface area contributed by atoms with Crippen LogP contribution in [0.2, 0.25) is 0 Å². The SMILES string of the molecule is C1CCC2(CCNC2)C2(C1)CCC2. The van der Waals surface area contributed by atoms with Crippen molar-refractivity contribution in [3.8, 4) is 0 Å². The number of rotatable bonds is 0. The van der Waals surface area contributed by atoms with E-state index in [9.17, 15) is 0 Å². The summed E-state index contributed by atoms with van der Waals surface area (Å²) in [5.74, 6) is 0. The lowest BCUT2D eigenvalue weighted by Crippen LogP contribution is -2.50. The molecule has 0 aromatic rings. The Kier molecular flexibility index (Phi) is 1.74. The van der Waals surface area contributed by atoms with Crippen LogP contribution < -0.4 is 5.32 Å². The van der Waals surface area contributed by atoms with Crippen LogP contribution in [0.1, 0.15) is 51.4 Å². The van der Waals surface area contributed by atoms with Gasteiger partial charge in [0.05, 0.1) is 0 Å². The van der Waals surface area contributed by atoms with Crippen LogP contribution in [-0.2, 0) is 0 Å². The highest BCUT2D eigenvalue weighted by Crippen LogP contribution is 2.63. The van der Waals surface area contributed by atoms with Gasteiger partial charge in [-0.1, -0.05) is 19.3 Å². The summed E-state index contributed by atoms with van der Waals surface area (Å²) in [5.41, 5.74) is 1.57. The fourth-order valence-corrected chi connectivity index (χ4v) is 4.25. The van der Waals surface area contributed by atoms with Crippen molar-refractivity contribution in [2.45, 2.75) is 51.4 Å². The molecule has 1 heterocycles. The lowest BCUT2D eigenvalue weighted by atomic mass is 9.47. The van der Waals surface area contributed by atoms with E-state index in [-0.39, 0.29) is 0 Å². The second-order valence-electron chi connectivity index (χ2n) is 5.55. The van der Waals surface area contributed by atoms with E-state index in [1.807, 2.05) is 0 Å². The van der Waals surface area contributed by atoms with Gasteiger partial charge in [-0.2, -0.15) is 0 Å². The van der Waals surface area contributed by atoms with Crippen molar-refractivity contribution in [3.05, 3.63) is 0 Å². The summed E-state index contributed by atoms with van der Waals surface area (Å²) in [7, 11) is 0. The van der Waals surface area contributed by atoms with Crippen LogP contribution in [0, 0.1) is 10.8 Å². The summed E-state index contributed by atoms with van der Waals surface area (Å²) in [6.45, 7) is 2.63. The number of hydrogen-bond donors (Lipinski definition) is 1. The van der Waals surface area contributed by atoms with Crippen molar-refractivity contribution in [3.63, 3.8) is 0 Å². The first-order valence-electron chi connectivity index (χ1n) is 6.08. The van der Waals surface area contributed by atoms with Crippen molar-refractivity contribution in [1.29, 1.82) is 0 Å². The van der Waals surface area contributed by atoms with Gasteiger partial charge in [0, 0.05) is 6.54 Å². The molecule has 1 nitrogen and oxygen atoms in total. The minimum atomic E-state index is 0.753. The van der Waals surface area contributed by atoms with E-state index in [4.69, 9.17) is 0 Å². The van der Waals surface area contributed by atoms with Gasteiger partial charge >= 0.3 is 0 Å². The highest BCUT2D eigenvalue weighted by Gasteiger charge is 2.55. The molecule has 74 valence electrons. The first-order valence-corrected chi connectivity index (χ1v) is 6.08. The lowest BCUT2D eigenvalue weighted by Gasteiger charge is -2.58. The monoisotopic (exact) mass is 179 g/mol. The summed E-state index contributed by atoms with van der Waals surface area (Å²) in [4.78, 5) is 0. The summed E-state index contributed by atoms with van der Waals surface area (Å²) in [5, 5.41) is 3.61. The second-order valence-corrected chi connectivity index (χ2v) is 5.55. The van der Waals surface area contributed by atoms with Gasteiger partial charge in [0.15, 0.2) is 0 Å². The van der Waals surface area contributed by atoms with E-state index in [2.05, 4.69) is 5.32 Å². The Hall–Kier alpha value is -0.0400. The molecule has 1 unspecified atom stereocenters. The van der Waals surface area contributed by atoms with Crippen LogP contribution in [0.4, 0.5) is 0 Å². The molecule has 1 heteroatoms. The van der Waals surface area contributed by atoms with Gasteiger partial charge in [-0.15, -0.1) is 0 Å². The molecule has 0 radical (unpaired) electrons. The van der Waals surface area contributed by atoms with Gasteiger partial charge < -0.3 is 5.32 Å². The number of nitrogens with one attached hydrogen (secondary N) is 1. The highest BCUT2D eigenvalue weighted by atomic mass is 14.9. The first-order chi connectivity index (χ1) is 6.37. The first kappa shape index (κ1) is 8.28. The molecule has 3 aliphatic rings. The molecule has 3 rings (SSSR count). The largest absolute Gasteiger partial charge is 0.316 e. The maximum atomic E-state index is 3.61. The molecule has 0 aromatic heterocycles. The van der Waals surface area contributed by atoms with Gasteiger partial charge in [-0.3, -0.25) is 0 Å². The van der Waals surface area contributed by atoms with E-state index in [1.54, 1.807) is 19.3 Å². The van der Waals surface area contributed by atoms with Crippen molar-refractivity contribution in [1.82, 2.24) is 5.32 Å². The fourth-order valence-electron chi connectivity index (χ4n) is 4.25. The Morgan fingerprint density at radius 3 is 1.92 bits per heavy atom. The Morgan fingerprint density at radius 1 is 0.692 bits per heavy atom. The molecule has 1 saturated heterocycles. The zero-order valence-electron chi connectivity index (χ0n) is 8.57. The summed E-state index contributed by atoms with van der Waals surface area (Å²) >= 11 is 0. The molecule has 3 fully saturated rings.